The van der Waals surface area contributed by atoms with Crippen molar-refractivity contribution in [2.24, 2.45) is 0 Å². The van der Waals surface area contributed by atoms with Crippen molar-refractivity contribution in [1.82, 2.24) is 10.2 Å². The average Bonchev–Trinajstić information content (AvgIpc) is 2.97. The molecule has 1 aliphatic carbocycles. The average molecular weight is 302 g/mol. The summed E-state index contributed by atoms with van der Waals surface area (Å²) in [6.07, 6.45) is 5.23. The van der Waals surface area contributed by atoms with Gasteiger partial charge in [-0.05, 0) is 50.6 Å². The van der Waals surface area contributed by atoms with Gasteiger partial charge in [-0.25, -0.2) is 0 Å². The molecule has 1 saturated carbocycles. The van der Waals surface area contributed by atoms with E-state index in [9.17, 15) is 9.90 Å². The number of nitrogens with zero attached hydrogens (tertiary/aromatic N) is 1. The van der Waals surface area contributed by atoms with Crippen molar-refractivity contribution in [2.45, 2.75) is 56.7 Å². The minimum atomic E-state index is -1.11. The van der Waals surface area contributed by atoms with E-state index >= 15 is 0 Å². The predicted molar refractivity (Wildman–Crippen MR) is 86.3 cm³/mol. The molecule has 1 atom stereocenters. The van der Waals surface area contributed by atoms with Gasteiger partial charge in [0.05, 0.1) is 0 Å². The van der Waals surface area contributed by atoms with Crippen molar-refractivity contribution in [2.75, 3.05) is 13.1 Å². The highest BCUT2D eigenvalue weighted by Crippen LogP contribution is 2.29. The van der Waals surface area contributed by atoms with E-state index in [1.54, 1.807) is 0 Å². The Labute approximate surface area is 132 Å². The Morgan fingerprint density at radius 1 is 1.23 bits per heavy atom. The number of nitrogens with one attached hydrogen (secondary N) is 1. The number of rotatable bonds is 4. The number of hydrogen-bond donors (Lipinski definition) is 2. The van der Waals surface area contributed by atoms with E-state index in [2.05, 4.69) is 34.5 Å². The zero-order valence-corrected chi connectivity index (χ0v) is 13.1. The van der Waals surface area contributed by atoms with Gasteiger partial charge in [-0.15, -0.1) is 0 Å². The first kappa shape index (κ1) is 15.5. The van der Waals surface area contributed by atoms with Crippen LogP contribution in [-0.4, -0.2) is 40.6 Å². The van der Waals surface area contributed by atoms with E-state index in [4.69, 9.17) is 0 Å². The largest absolute Gasteiger partial charge is 0.380 e. The van der Waals surface area contributed by atoms with Crippen molar-refractivity contribution in [1.29, 1.82) is 0 Å². The topological polar surface area (TPSA) is 52.6 Å². The van der Waals surface area contributed by atoms with E-state index in [0.717, 1.165) is 45.3 Å². The van der Waals surface area contributed by atoms with Gasteiger partial charge in [-0.1, -0.05) is 30.3 Å². The molecule has 3 rings (SSSR count). The van der Waals surface area contributed by atoms with E-state index in [1.165, 1.54) is 5.56 Å². The van der Waals surface area contributed by atoms with Crippen LogP contribution in [0.2, 0.25) is 0 Å². The number of amides is 1. The SMILES string of the molecule is O=C(NC1CCCN(Cc2ccccc2)C1)C1(O)CCCC1. The van der Waals surface area contributed by atoms with Gasteiger partial charge in [0.15, 0.2) is 0 Å². The third-order valence-corrected chi connectivity index (χ3v) is 4.94. The lowest BCUT2D eigenvalue weighted by Crippen LogP contribution is -2.53. The summed E-state index contributed by atoms with van der Waals surface area (Å²) in [5.74, 6) is -0.156. The number of hydrogen-bond acceptors (Lipinski definition) is 3. The van der Waals surface area contributed by atoms with Gasteiger partial charge < -0.3 is 10.4 Å². The summed E-state index contributed by atoms with van der Waals surface area (Å²) < 4.78 is 0. The van der Waals surface area contributed by atoms with Crippen LogP contribution in [0.15, 0.2) is 30.3 Å². The van der Waals surface area contributed by atoms with Crippen molar-refractivity contribution in [3.8, 4) is 0 Å². The molecule has 1 aliphatic heterocycles. The van der Waals surface area contributed by atoms with Crippen molar-refractivity contribution >= 4 is 5.91 Å². The molecule has 1 aromatic carbocycles. The lowest BCUT2D eigenvalue weighted by atomic mass is 9.99. The standard InChI is InChI=1S/C18H26N2O2/c21-17(18(22)10-4-5-11-18)19-16-9-6-12-20(14-16)13-15-7-2-1-3-8-15/h1-3,7-8,16,22H,4-6,9-14H2,(H,19,21). The number of likely N-dealkylation sites (tertiary alicyclic amines) is 1. The number of carbonyl (C=O) groups is 1. The molecule has 1 unspecified atom stereocenters. The third-order valence-electron chi connectivity index (χ3n) is 4.94. The van der Waals surface area contributed by atoms with Crippen LogP contribution in [0.4, 0.5) is 0 Å². The Morgan fingerprint density at radius 3 is 2.68 bits per heavy atom. The van der Waals surface area contributed by atoms with Crippen LogP contribution >= 0.6 is 0 Å². The van der Waals surface area contributed by atoms with E-state index in [-0.39, 0.29) is 11.9 Å². The Hall–Kier alpha value is -1.39. The summed E-state index contributed by atoms with van der Waals surface area (Å²) in [6, 6.07) is 10.6. The van der Waals surface area contributed by atoms with E-state index in [0.29, 0.717) is 12.8 Å². The van der Waals surface area contributed by atoms with Crippen LogP contribution in [0.5, 0.6) is 0 Å². The smallest absolute Gasteiger partial charge is 0.252 e. The van der Waals surface area contributed by atoms with Gasteiger partial charge in [0.1, 0.15) is 5.60 Å². The maximum Gasteiger partial charge on any atom is 0.252 e. The Bertz CT molecular complexity index is 497. The van der Waals surface area contributed by atoms with Gasteiger partial charge in [-0.2, -0.15) is 0 Å². The highest BCUT2D eigenvalue weighted by atomic mass is 16.3. The third kappa shape index (κ3) is 3.68. The first-order valence-corrected chi connectivity index (χ1v) is 8.45. The number of carbonyl (C=O) groups excluding carboxylic acids is 1. The molecule has 4 nitrogen and oxygen atoms in total. The Kier molecular flexibility index (Phi) is 4.79. The van der Waals surface area contributed by atoms with Crippen LogP contribution in [0.1, 0.15) is 44.1 Å². The molecule has 1 amide bonds. The maximum absolute atomic E-state index is 12.3. The first-order chi connectivity index (χ1) is 10.7. The molecule has 2 aliphatic rings. The Balaban J connectivity index is 1.53. The molecule has 4 heteroatoms. The fraction of sp³-hybridized carbons (Fsp3) is 0.611. The molecule has 1 saturated heterocycles. The van der Waals surface area contributed by atoms with Crippen molar-refractivity contribution < 1.29 is 9.90 Å². The summed E-state index contributed by atoms with van der Waals surface area (Å²) in [5, 5.41) is 13.5. The number of aliphatic hydroxyl groups is 1. The zero-order chi connectivity index (χ0) is 15.4. The van der Waals surface area contributed by atoms with Gasteiger partial charge in [-0.3, -0.25) is 9.69 Å². The second-order valence-electron chi connectivity index (χ2n) is 6.77. The fourth-order valence-corrected chi connectivity index (χ4v) is 3.67. The number of benzene rings is 1. The van der Waals surface area contributed by atoms with Crippen molar-refractivity contribution in [3.63, 3.8) is 0 Å². The minimum Gasteiger partial charge on any atom is -0.380 e. The predicted octanol–water partition coefficient (Wildman–Crippen LogP) is 2.07. The molecule has 1 heterocycles. The second kappa shape index (κ2) is 6.80. The van der Waals surface area contributed by atoms with Gasteiger partial charge in [0.2, 0.25) is 0 Å². The summed E-state index contributed by atoms with van der Waals surface area (Å²) in [4.78, 5) is 14.7. The molecule has 0 bridgehead atoms. The molecular weight excluding hydrogens is 276 g/mol. The first-order valence-electron chi connectivity index (χ1n) is 8.45. The van der Waals surface area contributed by atoms with E-state index < -0.39 is 5.60 Å². The van der Waals surface area contributed by atoms with Crippen LogP contribution < -0.4 is 5.32 Å². The lowest BCUT2D eigenvalue weighted by Gasteiger charge is -2.34. The zero-order valence-electron chi connectivity index (χ0n) is 13.1. The maximum atomic E-state index is 12.3. The molecule has 1 aromatic rings. The quantitative estimate of drug-likeness (QED) is 0.895. The highest BCUT2D eigenvalue weighted by molar-refractivity contribution is 5.85. The van der Waals surface area contributed by atoms with Crippen LogP contribution in [-0.2, 0) is 11.3 Å². The summed E-state index contributed by atoms with van der Waals surface area (Å²) in [5.41, 5.74) is 0.200. The van der Waals surface area contributed by atoms with Gasteiger partial charge >= 0.3 is 0 Å². The molecule has 120 valence electrons. The monoisotopic (exact) mass is 302 g/mol. The second-order valence-corrected chi connectivity index (χ2v) is 6.77. The minimum absolute atomic E-state index is 0.156. The van der Waals surface area contributed by atoms with Crippen LogP contribution in [0.3, 0.4) is 0 Å². The van der Waals surface area contributed by atoms with Gasteiger partial charge in [0, 0.05) is 19.1 Å². The summed E-state index contributed by atoms with van der Waals surface area (Å²) in [6.45, 7) is 2.87. The van der Waals surface area contributed by atoms with Gasteiger partial charge in [0.25, 0.3) is 5.91 Å². The van der Waals surface area contributed by atoms with Crippen LogP contribution in [0.25, 0.3) is 0 Å². The molecule has 22 heavy (non-hydrogen) atoms. The lowest BCUT2D eigenvalue weighted by molar-refractivity contribution is -0.140. The highest BCUT2D eigenvalue weighted by Gasteiger charge is 2.39. The number of piperidine rings is 1. The molecular formula is C18H26N2O2. The van der Waals surface area contributed by atoms with E-state index in [1.807, 2.05) is 6.07 Å². The molecule has 2 N–H and O–H groups in total. The normalized spacial score (nSPS) is 25.0. The summed E-state index contributed by atoms with van der Waals surface area (Å²) >= 11 is 0. The summed E-state index contributed by atoms with van der Waals surface area (Å²) in [7, 11) is 0. The van der Waals surface area contributed by atoms with Crippen molar-refractivity contribution in [3.05, 3.63) is 35.9 Å². The molecule has 0 spiro atoms. The molecule has 0 radical (unpaired) electrons. The fourth-order valence-electron chi connectivity index (χ4n) is 3.67. The molecule has 2 fully saturated rings. The Morgan fingerprint density at radius 2 is 1.95 bits per heavy atom. The molecule has 0 aromatic heterocycles. The van der Waals surface area contributed by atoms with Crippen LogP contribution in [0, 0.1) is 0 Å².